The summed E-state index contributed by atoms with van der Waals surface area (Å²) in [6, 6.07) is 4.88. The Morgan fingerprint density at radius 3 is 2.00 bits per heavy atom. The van der Waals surface area contributed by atoms with Gasteiger partial charge in [-0.2, -0.15) is 0 Å². The van der Waals surface area contributed by atoms with Gasteiger partial charge in [0.2, 0.25) is 11.6 Å². The summed E-state index contributed by atoms with van der Waals surface area (Å²) in [5, 5.41) is 33.1. The molecule has 0 fully saturated rings. The number of hydrogen-bond donors (Lipinski definition) is 3. The monoisotopic (exact) mass is 620 g/mol. The van der Waals surface area contributed by atoms with Gasteiger partial charge < -0.3 is 29.5 Å². The molecule has 0 bridgehead atoms. The van der Waals surface area contributed by atoms with Crippen molar-refractivity contribution in [2.45, 2.75) is 38.2 Å². The minimum Gasteiger partial charge on any atom is -0.505 e. The number of halogens is 3. The first-order chi connectivity index (χ1) is 19.2. The SMILES string of the molecule is COc1cc2c(c(-c3c(OC)cc(OC)c(Cl)c3C)c1)C(=O)C1(O)C(=O)c3c(O)c(Cl)c(O)c(Cl)c3C(C)(C)C1C2. The lowest BCUT2D eigenvalue weighted by Gasteiger charge is -2.51. The Labute approximate surface area is 251 Å². The molecule has 0 amide bonds. The topological polar surface area (TPSA) is 123 Å². The van der Waals surface area contributed by atoms with Crippen LogP contribution in [0.15, 0.2) is 18.2 Å². The molecule has 8 nitrogen and oxygen atoms in total. The summed E-state index contributed by atoms with van der Waals surface area (Å²) >= 11 is 19.2. The molecule has 0 aromatic heterocycles. The second kappa shape index (κ2) is 9.70. The van der Waals surface area contributed by atoms with Crippen LogP contribution in [-0.4, -0.2) is 53.8 Å². The lowest BCUT2D eigenvalue weighted by atomic mass is 9.52. The fourth-order valence-corrected chi connectivity index (χ4v) is 7.30. The largest absolute Gasteiger partial charge is 0.505 e. The molecule has 0 spiro atoms. The van der Waals surface area contributed by atoms with Crippen LogP contribution in [-0.2, 0) is 11.8 Å². The predicted octanol–water partition coefficient (Wildman–Crippen LogP) is 6.32. The second-order valence-corrected chi connectivity index (χ2v) is 11.9. The fraction of sp³-hybridized carbons (Fsp3) is 0.333. The van der Waals surface area contributed by atoms with Gasteiger partial charge in [-0.05, 0) is 47.6 Å². The minimum atomic E-state index is -2.61. The van der Waals surface area contributed by atoms with Crippen LogP contribution in [0.5, 0.6) is 28.7 Å². The van der Waals surface area contributed by atoms with E-state index in [-0.39, 0.29) is 27.6 Å². The molecule has 0 aliphatic heterocycles. The molecule has 3 aromatic carbocycles. The van der Waals surface area contributed by atoms with Crippen LogP contribution in [0.2, 0.25) is 15.1 Å². The van der Waals surface area contributed by atoms with Gasteiger partial charge in [0.15, 0.2) is 11.4 Å². The molecule has 2 atom stereocenters. The molecule has 3 N–H and O–H groups in total. The number of hydrogen-bond acceptors (Lipinski definition) is 8. The summed E-state index contributed by atoms with van der Waals surface area (Å²) in [5.41, 5.74) is -2.21. The van der Waals surface area contributed by atoms with Crippen molar-refractivity contribution >= 4 is 46.4 Å². The summed E-state index contributed by atoms with van der Waals surface area (Å²) in [5.74, 6) is -3.21. The number of ether oxygens (including phenoxy) is 3. The van der Waals surface area contributed by atoms with E-state index < -0.39 is 50.6 Å². The molecule has 5 rings (SSSR count). The van der Waals surface area contributed by atoms with E-state index in [0.29, 0.717) is 39.5 Å². The van der Waals surface area contributed by atoms with Crippen LogP contribution in [0, 0.1) is 12.8 Å². The fourth-order valence-electron chi connectivity index (χ4n) is 6.41. The number of rotatable bonds is 4. The normalized spacial score (nSPS) is 20.7. The van der Waals surface area contributed by atoms with E-state index in [1.54, 1.807) is 39.0 Å². The zero-order valence-electron chi connectivity index (χ0n) is 23.0. The number of Topliss-reactive ketones (excluding diaryl/α,β-unsaturated/α-hetero) is 2. The summed E-state index contributed by atoms with van der Waals surface area (Å²) in [4.78, 5) is 28.6. The van der Waals surface area contributed by atoms with Crippen molar-refractivity contribution < 1.29 is 39.1 Å². The number of fused-ring (bicyclic) bond motifs is 3. The van der Waals surface area contributed by atoms with E-state index in [1.807, 2.05) is 0 Å². The lowest BCUT2D eigenvalue weighted by molar-refractivity contribution is -0.0202. The molecule has 216 valence electrons. The van der Waals surface area contributed by atoms with Gasteiger partial charge in [-0.3, -0.25) is 9.59 Å². The van der Waals surface area contributed by atoms with Gasteiger partial charge in [0.05, 0.1) is 36.9 Å². The van der Waals surface area contributed by atoms with E-state index >= 15 is 0 Å². The van der Waals surface area contributed by atoms with Crippen molar-refractivity contribution in [3.8, 4) is 39.9 Å². The number of phenols is 2. The number of aliphatic hydroxyl groups is 1. The predicted molar refractivity (Wildman–Crippen MR) is 155 cm³/mol. The zero-order chi connectivity index (χ0) is 30.3. The maximum Gasteiger partial charge on any atom is 0.206 e. The second-order valence-electron chi connectivity index (χ2n) is 10.8. The summed E-state index contributed by atoms with van der Waals surface area (Å²) in [6.45, 7) is 5.10. The summed E-state index contributed by atoms with van der Waals surface area (Å²) < 4.78 is 16.6. The Hall–Kier alpha value is -3.17. The molecule has 2 aliphatic rings. The third kappa shape index (κ3) is 3.77. The third-order valence-electron chi connectivity index (χ3n) is 8.49. The molecule has 11 heteroatoms. The Balaban J connectivity index is 1.86. The van der Waals surface area contributed by atoms with E-state index in [4.69, 9.17) is 49.0 Å². The van der Waals surface area contributed by atoms with Gasteiger partial charge in [-0.1, -0.05) is 48.7 Å². The van der Waals surface area contributed by atoms with E-state index in [2.05, 4.69) is 0 Å². The van der Waals surface area contributed by atoms with E-state index in [0.717, 1.165) is 0 Å². The molecule has 2 unspecified atom stereocenters. The van der Waals surface area contributed by atoms with Crippen LogP contribution < -0.4 is 14.2 Å². The molecule has 0 saturated carbocycles. The van der Waals surface area contributed by atoms with Gasteiger partial charge in [0.1, 0.15) is 28.0 Å². The standard InChI is InChI=1S/C30H27Cl3O8/c1-11-18(15(40-5)10-16(41-6)22(11)31)14-9-13(39-4)7-12-8-17-29(2,3)21-20(25(34)24(33)26(35)23(21)32)28(37)30(17,38)27(36)19(12)14/h7,9-10,17,34-35,38H,8H2,1-6H3. The Morgan fingerprint density at radius 1 is 0.805 bits per heavy atom. The van der Waals surface area contributed by atoms with E-state index in [1.165, 1.54) is 21.3 Å². The molecule has 2 aliphatic carbocycles. The Kier molecular flexibility index (Phi) is 6.94. The molecule has 0 heterocycles. The van der Waals surface area contributed by atoms with E-state index in [9.17, 15) is 24.9 Å². The number of ketones is 2. The quantitative estimate of drug-likeness (QED) is 0.289. The van der Waals surface area contributed by atoms with Crippen LogP contribution in [0.4, 0.5) is 0 Å². The zero-order valence-corrected chi connectivity index (χ0v) is 25.3. The highest BCUT2D eigenvalue weighted by atomic mass is 35.5. The van der Waals surface area contributed by atoms with Crippen LogP contribution in [0.3, 0.4) is 0 Å². The number of benzene rings is 3. The first-order valence-corrected chi connectivity index (χ1v) is 13.7. The number of carbonyl (C=O) groups excluding carboxylic acids is 2. The van der Waals surface area contributed by atoms with Crippen LogP contribution in [0.1, 0.15) is 51.3 Å². The van der Waals surface area contributed by atoms with Crippen molar-refractivity contribution in [3.63, 3.8) is 0 Å². The van der Waals surface area contributed by atoms with Crippen LogP contribution >= 0.6 is 34.8 Å². The van der Waals surface area contributed by atoms with Gasteiger partial charge >= 0.3 is 0 Å². The molecular weight excluding hydrogens is 595 g/mol. The summed E-state index contributed by atoms with van der Waals surface area (Å²) in [6.07, 6.45) is 0.0473. The number of aromatic hydroxyl groups is 2. The maximum atomic E-state index is 14.5. The van der Waals surface area contributed by atoms with Crippen molar-refractivity contribution in [3.05, 3.63) is 61.1 Å². The van der Waals surface area contributed by atoms with Gasteiger partial charge in [0, 0.05) is 28.7 Å². The third-order valence-corrected chi connectivity index (χ3v) is 9.68. The number of carbonyl (C=O) groups is 2. The van der Waals surface area contributed by atoms with Crippen LogP contribution in [0.25, 0.3) is 11.1 Å². The average molecular weight is 622 g/mol. The van der Waals surface area contributed by atoms with Gasteiger partial charge in [-0.25, -0.2) is 0 Å². The number of phenolic OH excluding ortho intramolecular Hbond substituents is 2. The highest BCUT2D eigenvalue weighted by molar-refractivity contribution is 6.40. The van der Waals surface area contributed by atoms with Crippen molar-refractivity contribution in [2.24, 2.45) is 5.92 Å². The highest BCUT2D eigenvalue weighted by Gasteiger charge is 2.64. The molecule has 41 heavy (non-hydrogen) atoms. The van der Waals surface area contributed by atoms with Gasteiger partial charge in [0.25, 0.3) is 0 Å². The smallest absolute Gasteiger partial charge is 0.206 e. The highest BCUT2D eigenvalue weighted by Crippen LogP contribution is 2.59. The lowest BCUT2D eigenvalue weighted by Crippen LogP contribution is -2.64. The van der Waals surface area contributed by atoms with Crippen molar-refractivity contribution in [1.29, 1.82) is 0 Å². The summed E-state index contributed by atoms with van der Waals surface area (Å²) in [7, 11) is 4.41. The Morgan fingerprint density at radius 2 is 1.41 bits per heavy atom. The first-order valence-electron chi connectivity index (χ1n) is 12.6. The number of methoxy groups -OCH3 is 3. The maximum absolute atomic E-state index is 14.5. The van der Waals surface area contributed by atoms with Gasteiger partial charge in [-0.15, -0.1) is 0 Å². The molecule has 3 aromatic rings. The molecule has 0 radical (unpaired) electrons. The minimum absolute atomic E-state index is 0.0473. The molecular formula is C30H27Cl3O8. The Bertz CT molecular complexity index is 1680. The van der Waals surface area contributed by atoms with Crippen molar-refractivity contribution in [2.75, 3.05) is 21.3 Å². The molecule has 0 saturated heterocycles. The van der Waals surface area contributed by atoms with Crippen molar-refractivity contribution in [1.82, 2.24) is 0 Å². The first kappa shape index (κ1) is 29.3. The average Bonchev–Trinajstić information content (AvgIpc) is 2.94.